The summed E-state index contributed by atoms with van der Waals surface area (Å²) >= 11 is 6.25. The third-order valence-electron chi connectivity index (χ3n) is 3.82. The highest BCUT2D eigenvalue weighted by molar-refractivity contribution is 6.31. The zero-order chi connectivity index (χ0) is 10.3. The van der Waals surface area contributed by atoms with Gasteiger partial charge in [-0.05, 0) is 43.2 Å². The van der Waals surface area contributed by atoms with Crippen LogP contribution in [-0.2, 0) is 0 Å². The van der Waals surface area contributed by atoms with Crippen LogP contribution in [0.2, 0.25) is 5.02 Å². The number of hydrogen-bond acceptors (Lipinski definition) is 1. The maximum absolute atomic E-state index is 6.25. The first-order chi connectivity index (χ1) is 7.33. The van der Waals surface area contributed by atoms with Gasteiger partial charge in [-0.1, -0.05) is 29.8 Å². The Labute approximate surface area is 95.8 Å². The van der Waals surface area contributed by atoms with Gasteiger partial charge in [0, 0.05) is 17.1 Å². The summed E-state index contributed by atoms with van der Waals surface area (Å²) in [5.74, 6) is 0.678. The molecule has 0 saturated carbocycles. The van der Waals surface area contributed by atoms with Gasteiger partial charge in [-0.25, -0.2) is 0 Å². The van der Waals surface area contributed by atoms with Crippen molar-refractivity contribution in [3.8, 4) is 0 Å². The number of halogens is 1. The van der Waals surface area contributed by atoms with Gasteiger partial charge >= 0.3 is 0 Å². The molecule has 3 rings (SSSR count). The van der Waals surface area contributed by atoms with Crippen molar-refractivity contribution < 1.29 is 0 Å². The monoisotopic (exact) mass is 221 g/mol. The van der Waals surface area contributed by atoms with E-state index in [4.69, 9.17) is 11.6 Å². The Bertz CT molecular complexity index is 351. The Morgan fingerprint density at radius 3 is 2.40 bits per heavy atom. The fourth-order valence-electron chi connectivity index (χ4n) is 3.12. The Hall–Kier alpha value is -0.530. The predicted octanol–water partition coefficient (Wildman–Crippen LogP) is 3.34. The van der Waals surface area contributed by atoms with Gasteiger partial charge in [0.1, 0.15) is 0 Å². The zero-order valence-electron chi connectivity index (χ0n) is 8.75. The van der Waals surface area contributed by atoms with Crippen LogP contribution in [0.4, 0.5) is 0 Å². The van der Waals surface area contributed by atoms with Gasteiger partial charge in [-0.3, -0.25) is 0 Å². The second kappa shape index (κ2) is 3.80. The molecule has 2 heteroatoms. The molecule has 1 N–H and O–H groups in total. The van der Waals surface area contributed by atoms with Crippen LogP contribution in [0.1, 0.15) is 37.2 Å². The molecule has 2 aliphatic heterocycles. The summed E-state index contributed by atoms with van der Waals surface area (Å²) in [4.78, 5) is 0. The highest BCUT2D eigenvalue weighted by Gasteiger charge is 2.34. The average Bonchev–Trinajstić information content (AvgIpc) is 2.58. The van der Waals surface area contributed by atoms with Crippen LogP contribution < -0.4 is 5.32 Å². The summed E-state index contributed by atoms with van der Waals surface area (Å²) in [6.45, 7) is 0. The van der Waals surface area contributed by atoms with E-state index < -0.39 is 0 Å². The molecule has 2 saturated heterocycles. The summed E-state index contributed by atoms with van der Waals surface area (Å²) < 4.78 is 0. The maximum Gasteiger partial charge on any atom is 0.0440 e. The van der Waals surface area contributed by atoms with Gasteiger partial charge in [0.2, 0.25) is 0 Å². The Morgan fingerprint density at radius 2 is 1.73 bits per heavy atom. The first kappa shape index (κ1) is 9.68. The molecule has 2 fully saturated rings. The Kier molecular flexibility index (Phi) is 2.45. The lowest BCUT2D eigenvalue weighted by Gasteiger charge is -2.29. The van der Waals surface area contributed by atoms with Crippen LogP contribution in [0.3, 0.4) is 0 Å². The molecular weight excluding hydrogens is 206 g/mol. The normalized spacial score (nSPS) is 34.3. The second-order valence-corrected chi connectivity index (χ2v) is 5.23. The largest absolute Gasteiger partial charge is 0.311 e. The molecule has 2 aliphatic rings. The van der Waals surface area contributed by atoms with Crippen molar-refractivity contribution in [1.29, 1.82) is 0 Å². The summed E-state index contributed by atoms with van der Waals surface area (Å²) in [5.41, 5.74) is 1.36. The van der Waals surface area contributed by atoms with Gasteiger partial charge in [0.05, 0.1) is 0 Å². The number of benzene rings is 1. The Morgan fingerprint density at radius 1 is 1.07 bits per heavy atom. The van der Waals surface area contributed by atoms with Crippen LogP contribution in [0, 0.1) is 0 Å². The van der Waals surface area contributed by atoms with E-state index in [2.05, 4.69) is 17.4 Å². The minimum absolute atomic E-state index is 0.678. The van der Waals surface area contributed by atoms with Crippen LogP contribution >= 0.6 is 11.6 Å². The molecule has 80 valence electrons. The van der Waals surface area contributed by atoms with E-state index in [1.54, 1.807) is 0 Å². The fraction of sp³-hybridized carbons (Fsp3) is 0.538. The summed E-state index contributed by atoms with van der Waals surface area (Å²) in [7, 11) is 0. The van der Waals surface area contributed by atoms with Crippen LogP contribution in [0.25, 0.3) is 0 Å². The topological polar surface area (TPSA) is 12.0 Å². The lowest BCUT2D eigenvalue weighted by Crippen LogP contribution is -2.37. The third kappa shape index (κ3) is 1.79. The molecule has 0 aliphatic carbocycles. The first-order valence-corrected chi connectivity index (χ1v) is 6.21. The molecule has 3 atom stereocenters. The van der Waals surface area contributed by atoms with Crippen LogP contribution in [0.15, 0.2) is 24.3 Å². The molecule has 1 nitrogen and oxygen atoms in total. The summed E-state index contributed by atoms with van der Waals surface area (Å²) in [6, 6.07) is 9.81. The van der Waals surface area contributed by atoms with Crippen molar-refractivity contribution in [2.75, 3.05) is 0 Å². The van der Waals surface area contributed by atoms with Crippen molar-refractivity contribution in [2.24, 2.45) is 0 Å². The number of piperidine rings is 1. The van der Waals surface area contributed by atoms with Crippen molar-refractivity contribution in [1.82, 2.24) is 5.32 Å². The van der Waals surface area contributed by atoms with Crippen molar-refractivity contribution in [3.05, 3.63) is 34.9 Å². The lowest BCUT2D eigenvalue weighted by molar-refractivity contribution is 0.363. The number of fused-ring (bicyclic) bond motifs is 2. The zero-order valence-corrected chi connectivity index (χ0v) is 9.50. The molecule has 2 bridgehead atoms. The molecule has 15 heavy (non-hydrogen) atoms. The van der Waals surface area contributed by atoms with Crippen LogP contribution in [-0.4, -0.2) is 12.1 Å². The minimum Gasteiger partial charge on any atom is -0.311 e. The Balaban J connectivity index is 1.86. The summed E-state index contributed by atoms with van der Waals surface area (Å²) in [5, 5.41) is 4.61. The molecule has 1 unspecified atom stereocenters. The first-order valence-electron chi connectivity index (χ1n) is 5.83. The quantitative estimate of drug-likeness (QED) is 0.767. The number of rotatable bonds is 1. The van der Waals surface area contributed by atoms with Crippen molar-refractivity contribution in [2.45, 2.75) is 43.7 Å². The fourth-order valence-corrected chi connectivity index (χ4v) is 3.41. The van der Waals surface area contributed by atoms with Crippen molar-refractivity contribution in [3.63, 3.8) is 0 Å². The molecule has 1 aromatic rings. The van der Waals surface area contributed by atoms with E-state index in [9.17, 15) is 0 Å². The van der Waals surface area contributed by atoms with Gasteiger partial charge < -0.3 is 5.32 Å². The standard InChI is InChI=1S/C13H16ClN/c14-13-4-2-1-3-12(13)9-7-10-5-6-11(8-9)15-10/h1-4,9-11,15H,5-8H2/t9?,10-,11+. The smallest absolute Gasteiger partial charge is 0.0440 e. The molecule has 0 spiro atoms. The SMILES string of the molecule is Clc1ccccc1C1C[C@H]2CC[C@@H](C1)N2. The van der Waals surface area contributed by atoms with Crippen LogP contribution in [0.5, 0.6) is 0 Å². The molecule has 2 heterocycles. The van der Waals surface area contributed by atoms with Gasteiger partial charge in [0.25, 0.3) is 0 Å². The highest BCUT2D eigenvalue weighted by Crippen LogP contribution is 2.39. The van der Waals surface area contributed by atoms with E-state index >= 15 is 0 Å². The number of nitrogens with one attached hydrogen (secondary N) is 1. The molecular formula is C13H16ClN. The average molecular weight is 222 g/mol. The van der Waals surface area contributed by atoms with Gasteiger partial charge in [0.15, 0.2) is 0 Å². The van der Waals surface area contributed by atoms with Crippen molar-refractivity contribution >= 4 is 11.6 Å². The minimum atomic E-state index is 0.678. The predicted molar refractivity (Wildman–Crippen MR) is 63.4 cm³/mol. The van der Waals surface area contributed by atoms with E-state index in [1.165, 1.54) is 31.2 Å². The van der Waals surface area contributed by atoms with Gasteiger partial charge in [-0.15, -0.1) is 0 Å². The van der Waals surface area contributed by atoms with E-state index in [0.29, 0.717) is 5.92 Å². The second-order valence-electron chi connectivity index (χ2n) is 4.83. The molecule has 0 radical (unpaired) electrons. The summed E-state index contributed by atoms with van der Waals surface area (Å²) in [6.07, 6.45) is 5.23. The molecule has 1 aromatic carbocycles. The van der Waals surface area contributed by atoms with E-state index in [-0.39, 0.29) is 0 Å². The van der Waals surface area contributed by atoms with E-state index in [1.807, 2.05) is 12.1 Å². The maximum atomic E-state index is 6.25. The third-order valence-corrected chi connectivity index (χ3v) is 4.16. The molecule has 0 amide bonds. The van der Waals surface area contributed by atoms with E-state index in [0.717, 1.165) is 17.1 Å². The lowest BCUT2D eigenvalue weighted by atomic mass is 9.86. The number of hydrogen-bond donors (Lipinski definition) is 1. The molecule has 0 aromatic heterocycles. The highest BCUT2D eigenvalue weighted by atomic mass is 35.5. The van der Waals surface area contributed by atoms with Gasteiger partial charge in [-0.2, -0.15) is 0 Å².